The van der Waals surface area contributed by atoms with Crippen LogP contribution in [0.3, 0.4) is 0 Å². The van der Waals surface area contributed by atoms with Gasteiger partial charge in [0.2, 0.25) is 0 Å². The normalized spacial score (nSPS) is 13.9. The number of anilines is 1. The molecule has 2 aromatic carbocycles. The number of rotatable bonds is 2. The highest BCUT2D eigenvalue weighted by atomic mass is 35.5. The Morgan fingerprint density at radius 3 is 2.59 bits per heavy atom. The van der Waals surface area contributed by atoms with Gasteiger partial charge in [-0.2, -0.15) is 0 Å². The summed E-state index contributed by atoms with van der Waals surface area (Å²) >= 11 is 6.03. The van der Waals surface area contributed by atoms with Crippen LogP contribution in [0, 0.1) is 0 Å². The summed E-state index contributed by atoms with van der Waals surface area (Å²) in [4.78, 5) is 27.1. The molecule has 2 N–H and O–H groups in total. The standard InChI is InChI=1S/C21H23ClN2O3/c1-21(2,3)27-20(26)24-10-9-15-13(12-24)5-4-6-16(15)19(25)17-11-14(22)7-8-18(17)23/h4-8,11H,9-10,12,23H2,1-3H3. The van der Waals surface area contributed by atoms with E-state index in [1.807, 2.05) is 32.9 Å². The van der Waals surface area contributed by atoms with Gasteiger partial charge < -0.3 is 15.4 Å². The van der Waals surface area contributed by atoms with Crippen LogP contribution in [0.25, 0.3) is 0 Å². The van der Waals surface area contributed by atoms with E-state index in [0.717, 1.165) is 11.1 Å². The summed E-state index contributed by atoms with van der Waals surface area (Å²) in [6.07, 6.45) is 0.237. The molecule has 0 bridgehead atoms. The number of hydrogen-bond donors (Lipinski definition) is 1. The first-order valence-corrected chi connectivity index (χ1v) is 9.22. The minimum atomic E-state index is -0.542. The molecule has 0 saturated heterocycles. The number of carbonyl (C=O) groups is 2. The summed E-state index contributed by atoms with van der Waals surface area (Å²) in [5.74, 6) is -0.155. The molecule has 3 rings (SSSR count). The second-order valence-corrected chi connectivity index (χ2v) is 8.09. The van der Waals surface area contributed by atoms with Crippen LogP contribution in [0.2, 0.25) is 5.02 Å². The van der Waals surface area contributed by atoms with Crippen molar-refractivity contribution in [2.24, 2.45) is 0 Å². The van der Waals surface area contributed by atoms with E-state index in [9.17, 15) is 9.59 Å². The lowest BCUT2D eigenvalue weighted by atomic mass is 9.90. The van der Waals surface area contributed by atoms with Crippen molar-refractivity contribution < 1.29 is 14.3 Å². The maximum absolute atomic E-state index is 13.1. The minimum absolute atomic E-state index is 0.155. The maximum Gasteiger partial charge on any atom is 0.410 e. The molecule has 0 saturated carbocycles. The van der Waals surface area contributed by atoms with Gasteiger partial charge in [0, 0.05) is 34.9 Å². The Morgan fingerprint density at radius 1 is 1.15 bits per heavy atom. The van der Waals surface area contributed by atoms with Gasteiger partial charge in [-0.3, -0.25) is 4.79 Å². The summed E-state index contributed by atoms with van der Waals surface area (Å²) in [6, 6.07) is 10.4. The van der Waals surface area contributed by atoms with Crippen LogP contribution in [0.1, 0.15) is 47.8 Å². The van der Waals surface area contributed by atoms with Crippen molar-refractivity contribution in [1.29, 1.82) is 0 Å². The molecule has 1 aliphatic heterocycles. The Kier molecular flexibility index (Phi) is 5.16. The molecular weight excluding hydrogens is 364 g/mol. The van der Waals surface area contributed by atoms with E-state index < -0.39 is 5.60 Å². The van der Waals surface area contributed by atoms with Crippen molar-refractivity contribution in [2.45, 2.75) is 39.3 Å². The van der Waals surface area contributed by atoms with Crippen molar-refractivity contribution in [1.82, 2.24) is 4.90 Å². The van der Waals surface area contributed by atoms with Crippen molar-refractivity contribution in [3.63, 3.8) is 0 Å². The number of hydrogen-bond acceptors (Lipinski definition) is 4. The Hall–Kier alpha value is -2.53. The number of ether oxygens (including phenoxy) is 1. The van der Waals surface area contributed by atoms with Gasteiger partial charge in [-0.25, -0.2) is 4.79 Å². The van der Waals surface area contributed by atoms with Crippen LogP contribution in [0.4, 0.5) is 10.5 Å². The van der Waals surface area contributed by atoms with Crippen molar-refractivity contribution in [3.8, 4) is 0 Å². The van der Waals surface area contributed by atoms with Crippen LogP contribution >= 0.6 is 11.6 Å². The molecule has 0 aliphatic carbocycles. The highest BCUT2D eigenvalue weighted by molar-refractivity contribution is 6.31. The zero-order chi connectivity index (χ0) is 19.8. The molecule has 1 amide bonds. The van der Waals surface area contributed by atoms with Crippen LogP contribution in [-0.2, 0) is 17.7 Å². The number of benzene rings is 2. The Balaban J connectivity index is 1.88. The second kappa shape index (κ2) is 7.24. The predicted octanol–water partition coefficient (Wildman–Crippen LogP) is 4.45. The van der Waals surface area contributed by atoms with Gasteiger partial charge >= 0.3 is 6.09 Å². The average molecular weight is 387 g/mol. The molecule has 142 valence electrons. The van der Waals surface area contributed by atoms with E-state index in [4.69, 9.17) is 22.1 Å². The lowest BCUT2D eigenvalue weighted by Crippen LogP contribution is -2.40. The molecule has 0 radical (unpaired) electrons. The number of halogens is 1. The van der Waals surface area contributed by atoms with Gasteiger partial charge in [0.25, 0.3) is 0 Å². The molecule has 0 unspecified atom stereocenters. The number of amides is 1. The van der Waals surface area contributed by atoms with Gasteiger partial charge in [-0.15, -0.1) is 0 Å². The number of fused-ring (bicyclic) bond motifs is 1. The number of ketones is 1. The number of carbonyl (C=O) groups excluding carboxylic acids is 2. The first kappa shape index (κ1) is 19.2. The minimum Gasteiger partial charge on any atom is -0.444 e. The van der Waals surface area contributed by atoms with Crippen LogP contribution in [-0.4, -0.2) is 28.9 Å². The zero-order valence-corrected chi connectivity index (χ0v) is 16.5. The van der Waals surface area contributed by atoms with Gasteiger partial charge in [0.1, 0.15) is 5.60 Å². The number of nitrogen functional groups attached to an aromatic ring is 1. The predicted molar refractivity (Wildman–Crippen MR) is 106 cm³/mol. The summed E-state index contributed by atoms with van der Waals surface area (Å²) in [7, 11) is 0. The molecule has 0 fully saturated rings. The smallest absolute Gasteiger partial charge is 0.410 e. The first-order valence-electron chi connectivity index (χ1n) is 8.84. The van der Waals surface area contributed by atoms with Crippen LogP contribution in [0.15, 0.2) is 36.4 Å². The van der Waals surface area contributed by atoms with Gasteiger partial charge in [0.05, 0.1) is 0 Å². The first-order chi connectivity index (χ1) is 12.7. The lowest BCUT2D eigenvalue weighted by Gasteiger charge is -2.32. The molecule has 0 atom stereocenters. The molecule has 6 heteroatoms. The Morgan fingerprint density at radius 2 is 1.89 bits per heavy atom. The molecule has 2 aromatic rings. The fraction of sp³-hybridized carbons (Fsp3) is 0.333. The molecule has 0 aromatic heterocycles. The Bertz CT molecular complexity index is 903. The van der Waals surface area contributed by atoms with E-state index in [0.29, 0.717) is 41.3 Å². The van der Waals surface area contributed by atoms with Crippen molar-refractivity contribution in [3.05, 3.63) is 63.7 Å². The van der Waals surface area contributed by atoms with Gasteiger partial charge in [-0.05, 0) is 56.5 Å². The number of nitrogens with two attached hydrogens (primary N) is 1. The summed E-state index contributed by atoms with van der Waals surface area (Å²) < 4.78 is 5.46. The monoisotopic (exact) mass is 386 g/mol. The second-order valence-electron chi connectivity index (χ2n) is 7.66. The van der Waals surface area contributed by atoms with Crippen LogP contribution < -0.4 is 5.73 Å². The third kappa shape index (κ3) is 4.25. The van der Waals surface area contributed by atoms with Gasteiger partial charge in [0.15, 0.2) is 5.78 Å². The van der Waals surface area contributed by atoms with E-state index in [-0.39, 0.29) is 11.9 Å². The summed E-state index contributed by atoms with van der Waals surface area (Å²) in [6.45, 7) is 6.44. The number of nitrogens with zero attached hydrogens (tertiary/aromatic N) is 1. The molecule has 1 heterocycles. The third-order valence-electron chi connectivity index (χ3n) is 4.42. The lowest BCUT2D eigenvalue weighted by molar-refractivity contribution is 0.0224. The van der Waals surface area contributed by atoms with E-state index in [2.05, 4.69) is 0 Å². The van der Waals surface area contributed by atoms with Crippen molar-refractivity contribution in [2.75, 3.05) is 12.3 Å². The quantitative estimate of drug-likeness (QED) is 0.611. The van der Waals surface area contributed by atoms with Crippen molar-refractivity contribution >= 4 is 29.2 Å². The largest absolute Gasteiger partial charge is 0.444 e. The zero-order valence-electron chi connectivity index (χ0n) is 15.7. The SMILES string of the molecule is CC(C)(C)OC(=O)N1CCc2c(cccc2C(=O)c2cc(Cl)ccc2N)C1. The van der Waals surface area contributed by atoms with Gasteiger partial charge in [-0.1, -0.05) is 29.8 Å². The molecule has 1 aliphatic rings. The molecular formula is C21H23ClN2O3. The highest BCUT2D eigenvalue weighted by Gasteiger charge is 2.28. The topological polar surface area (TPSA) is 72.6 Å². The van der Waals surface area contributed by atoms with E-state index >= 15 is 0 Å². The molecule has 27 heavy (non-hydrogen) atoms. The summed E-state index contributed by atoms with van der Waals surface area (Å²) in [5.41, 5.74) is 8.71. The summed E-state index contributed by atoms with van der Waals surface area (Å²) in [5, 5.41) is 0.466. The fourth-order valence-electron chi connectivity index (χ4n) is 3.17. The maximum atomic E-state index is 13.1. The Labute approximate surface area is 164 Å². The third-order valence-corrected chi connectivity index (χ3v) is 4.66. The van der Waals surface area contributed by atoms with E-state index in [1.54, 1.807) is 29.2 Å². The van der Waals surface area contributed by atoms with E-state index in [1.165, 1.54) is 0 Å². The highest BCUT2D eigenvalue weighted by Crippen LogP contribution is 2.28. The average Bonchev–Trinajstić information content (AvgIpc) is 2.60. The van der Waals surface area contributed by atoms with Crippen LogP contribution in [0.5, 0.6) is 0 Å². The molecule has 5 nitrogen and oxygen atoms in total. The molecule has 0 spiro atoms. The fourth-order valence-corrected chi connectivity index (χ4v) is 3.35.